The van der Waals surface area contributed by atoms with E-state index in [4.69, 9.17) is 32.7 Å². The number of hydrogen-bond donors (Lipinski definition) is 0. The third-order valence-corrected chi connectivity index (χ3v) is 5.19. The lowest BCUT2D eigenvalue weighted by Crippen LogP contribution is -2.50. The predicted octanol–water partition coefficient (Wildman–Crippen LogP) is 3.61. The third-order valence-electron chi connectivity index (χ3n) is 4.65. The molecule has 1 fully saturated rings. The van der Waals surface area contributed by atoms with E-state index in [2.05, 4.69) is 0 Å². The minimum Gasteiger partial charge on any atom is -0.493 e. The first-order valence-electron chi connectivity index (χ1n) is 8.70. The molecular weight excluding hydrogens is 403 g/mol. The van der Waals surface area contributed by atoms with Crippen molar-refractivity contribution in [3.8, 4) is 11.5 Å². The van der Waals surface area contributed by atoms with Gasteiger partial charge in [0.05, 0.1) is 24.8 Å². The van der Waals surface area contributed by atoms with Crippen LogP contribution in [0.25, 0.3) is 0 Å². The quantitative estimate of drug-likeness (QED) is 0.754. The zero-order valence-corrected chi connectivity index (χ0v) is 17.1. The molecule has 0 aliphatic carbocycles. The summed E-state index contributed by atoms with van der Waals surface area (Å²) in [5.74, 6) is 0.784. The van der Waals surface area contributed by atoms with Gasteiger partial charge in [0.1, 0.15) is 0 Å². The average Bonchev–Trinajstić information content (AvgIpc) is 2.72. The van der Waals surface area contributed by atoms with Crippen LogP contribution in [0.4, 0.5) is 0 Å². The highest BCUT2D eigenvalue weighted by atomic mass is 35.5. The van der Waals surface area contributed by atoms with Gasteiger partial charge in [-0.3, -0.25) is 9.59 Å². The second kappa shape index (κ2) is 8.71. The third kappa shape index (κ3) is 4.18. The van der Waals surface area contributed by atoms with Gasteiger partial charge in [-0.2, -0.15) is 0 Å². The van der Waals surface area contributed by atoms with Gasteiger partial charge in [0.25, 0.3) is 11.8 Å². The molecular formula is C20H20Cl2N2O4. The molecule has 8 heteroatoms. The van der Waals surface area contributed by atoms with E-state index in [0.29, 0.717) is 58.9 Å². The second-order valence-corrected chi connectivity index (χ2v) is 7.12. The molecule has 6 nitrogen and oxygen atoms in total. The number of carbonyl (C=O) groups is 2. The van der Waals surface area contributed by atoms with Gasteiger partial charge in [-0.15, -0.1) is 0 Å². The molecule has 0 aromatic heterocycles. The fourth-order valence-corrected chi connectivity index (χ4v) is 3.59. The van der Waals surface area contributed by atoms with Gasteiger partial charge in [-0.05, 0) is 36.4 Å². The van der Waals surface area contributed by atoms with Crippen LogP contribution >= 0.6 is 23.2 Å². The second-order valence-electron chi connectivity index (χ2n) is 6.28. The molecule has 2 aromatic carbocycles. The van der Waals surface area contributed by atoms with E-state index in [1.807, 2.05) is 0 Å². The van der Waals surface area contributed by atoms with Gasteiger partial charge in [0, 0.05) is 36.8 Å². The molecule has 1 heterocycles. The Kier molecular flexibility index (Phi) is 6.31. The first kappa shape index (κ1) is 20.3. The van der Waals surface area contributed by atoms with Crippen molar-refractivity contribution in [2.75, 3.05) is 40.4 Å². The van der Waals surface area contributed by atoms with Crippen LogP contribution in [0, 0.1) is 0 Å². The largest absolute Gasteiger partial charge is 0.493 e. The van der Waals surface area contributed by atoms with E-state index in [-0.39, 0.29) is 11.8 Å². The Hall–Kier alpha value is -2.44. The maximum Gasteiger partial charge on any atom is 0.255 e. The summed E-state index contributed by atoms with van der Waals surface area (Å²) in [6.07, 6.45) is 0. The Morgan fingerprint density at radius 2 is 1.43 bits per heavy atom. The molecule has 0 atom stereocenters. The smallest absolute Gasteiger partial charge is 0.255 e. The van der Waals surface area contributed by atoms with Crippen molar-refractivity contribution in [1.82, 2.24) is 9.80 Å². The summed E-state index contributed by atoms with van der Waals surface area (Å²) in [5, 5.41) is 0.799. The Bertz CT molecular complexity index is 896. The number of ether oxygens (including phenoxy) is 2. The standard InChI is InChI=1S/C20H20Cl2N2O4/c1-27-17-6-3-13(11-18(17)28-2)19(25)23-7-9-24(10-8-23)20(26)15-5-4-14(21)12-16(15)22/h3-6,11-12H,7-10H2,1-2H3. The zero-order valence-electron chi connectivity index (χ0n) is 15.6. The van der Waals surface area contributed by atoms with Crippen LogP contribution in [0.3, 0.4) is 0 Å². The van der Waals surface area contributed by atoms with Crippen LogP contribution in [0.15, 0.2) is 36.4 Å². The average molecular weight is 423 g/mol. The lowest BCUT2D eigenvalue weighted by atomic mass is 10.1. The van der Waals surface area contributed by atoms with E-state index < -0.39 is 0 Å². The monoisotopic (exact) mass is 422 g/mol. The van der Waals surface area contributed by atoms with Gasteiger partial charge in [0.2, 0.25) is 0 Å². The van der Waals surface area contributed by atoms with Gasteiger partial charge in [-0.25, -0.2) is 0 Å². The molecule has 0 N–H and O–H groups in total. The van der Waals surface area contributed by atoms with Gasteiger partial charge < -0.3 is 19.3 Å². The first-order chi connectivity index (χ1) is 13.4. The molecule has 3 rings (SSSR count). The molecule has 2 amide bonds. The van der Waals surface area contributed by atoms with Crippen LogP contribution < -0.4 is 9.47 Å². The van der Waals surface area contributed by atoms with Crippen LogP contribution in [0.1, 0.15) is 20.7 Å². The minimum atomic E-state index is -0.167. The number of piperazine rings is 1. The van der Waals surface area contributed by atoms with E-state index in [1.165, 1.54) is 7.11 Å². The van der Waals surface area contributed by atoms with E-state index in [9.17, 15) is 9.59 Å². The Morgan fingerprint density at radius 3 is 2.00 bits per heavy atom. The van der Waals surface area contributed by atoms with Gasteiger partial charge in [0.15, 0.2) is 11.5 Å². The summed E-state index contributed by atoms with van der Waals surface area (Å²) >= 11 is 12.0. The molecule has 1 aliphatic rings. The number of methoxy groups -OCH3 is 2. The van der Waals surface area contributed by atoms with E-state index >= 15 is 0 Å². The molecule has 0 unspecified atom stereocenters. The first-order valence-corrected chi connectivity index (χ1v) is 9.46. The van der Waals surface area contributed by atoms with Crippen molar-refractivity contribution < 1.29 is 19.1 Å². The van der Waals surface area contributed by atoms with Crippen molar-refractivity contribution in [3.05, 3.63) is 57.6 Å². The summed E-state index contributed by atoms with van der Waals surface area (Å²) in [7, 11) is 3.07. The summed E-state index contributed by atoms with van der Waals surface area (Å²) in [6, 6.07) is 9.87. The van der Waals surface area contributed by atoms with Crippen molar-refractivity contribution in [2.24, 2.45) is 0 Å². The molecule has 1 saturated heterocycles. The van der Waals surface area contributed by atoms with Crippen LogP contribution in [-0.2, 0) is 0 Å². The van der Waals surface area contributed by atoms with Crippen LogP contribution in [0.2, 0.25) is 10.0 Å². The van der Waals surface area contributed by atoms with Crippen molar-refractivity contribution >= 4 is 35.0 Å². The predicted molar refractivity (Wildman–Crippen MR) is 108 cm³/mol. The highest BCUT2D eigenvalue weighted by molar-refractivity contribution is 6.36. The number of benzene rings is 2. The van der Waals surface area contributed by atoms with E-state index in [0.717, 1.165) is 0 Å². The molecule has 148 valence electrons. The summed E-state index contributed by atoms with van der Waals surface area (Å²) in [6.45, 7) is 1.72. The molecule has 0 radical (unpaired) electrons. The summed E-state index contributed by atoms with van der Waals surface area (Å²) in [5.41, 5.74) is 0.920. The fourth-order valence-electron chi connectivity index (χ4n) is 3.10. The molecule has 0 spiro atoms. The number of halogens is 2. The molecule has 0 bridgehead atoms. The number of amides is 2. The van der Waals surface area contributed by atoms with Crippen molar-refractivity contribution in [3.63, 3.8) is 0 Å². The minimum absolute atomic E-state index is 0.113. The number of carbonyl (C=O) groups excluding carboxylic acids is 2. The van der Waals surface area contributed by atoms with Crippen molar-refractivity contribution in [1.29, 1.82) is 0 Å². The Morgan fingerprint density at radius 1 is 0.821 bits per heavy atom. The van der Waals surface area contributed by atoms with Crippen molar-refractivity contribution in [2.45, 2.75) is 0 Å². The van der Waals surface area contributed by atoms with Crippen LogP contribution in [-0.4, -0.2) is 62.0 Å². The molecule has 28 heavy (non-hydrogen) atoms. The highest BCUT2D eigenvalue weighted by Gasteiger charge is 2.27. The van der Waals surface area contributed by atoms with Gasteiger partial charge in [-0.1, -0.05) is 23.2 Å². The molecule has 0 saturated carbocycles. The normalized spacial score (nSPS) is 14.0. The fraction of sp³-hybridized carbons (Fsp3) is 0.300. The lowest BCUT2D eigenvalue weighted by molar-refractivity contribution is 0.0535. The maximum absolute atomic E-state index is 12.8. The Balaban J connectivity index is 1.66. The number of nitrogens with zero attached hydrogens (tertiary/aromatic N) is 2. The van der Waals surface area contributed by atoms with E-state index in [1.54, 1.807) is 53.3 Å². The highest BCUT2D eigenvalue weighted by Crippen LogP contribution is 2.28. The molecule has 1 aliphatic heterocycles. The SMILES string of the molecule is COc1ccc(C(=O)N2CCN(C(=O)c3ccc(Cl)cc3Cl)CC2)cc1OC. The summed E-state index contributed by atoms with van der Waals surface area (Å²) in [4.78, 5) is 28.9. The Labute approximate surface area is 173 Å². The molecule has 2 aromatic rings. The topological polar surface area (TPSA) is 59.1 Å². The number of hydrogen-bond acceptors (Lipinski definition) is 4. The lowest BCUT2D eigenvalue weighted by Gasteiger charge is -2.35. The summed E-state index contributed by atoms with van der Waals surface area (Å²) < 4.78 is 10.5. The van der Waals surface area contributed by atoms with Gasteiger partial charge >= 0.3 is 0 Å². The maximum atomic E-state index is 12.8. The van der Waals surface area contributed by atoms with Crippen LogP contribution in [0.5, 0.6) is 11.5 Å². The zero-order chi connectivity index (χ0) is 20.3. The number of rotatable bonds is 4.